The first-order chi connectivity index (χ1) is 8.19. The number of carboxylic acids is 1. The van der Waals surface area contributed by atoms with Gasteiger partial charge < -0.3 is 20.5 Å². The van der Waals surface area contributed by atoms with Crippen molar-refractivity contribution in [2.75, 3.05) is 13.2 Å². The first-order valence-electron chi connectivity index (χ1n) is 6.10. The Morgan fingerprint density at radius 1 is 1.33 bits per heavy atom. The quantitative estimate of drug-likeness (QED) is 0.642. The fourth-order valence-corrected chi connectivity index (χ4v) is 1.44. The minimum Gasteiger partial charge on any atom is -0.480 e. The molecule has 0 aromatic heterocycles. The summed E-state index contributed by atoms with van der Waals surface area (Å²) in [6.07, 6.45) is 0. The molecule has 0 spiro atoms. The molecule has 1 atom stereocenters. The van der Waals surface area contributed by atoms with Crippen molar-refractivity contribution in [3.8, 4) is 0 Å². The molecule has 0 radical (unpaired) electrons. The van der Waals surface area contributed by atoms with E-state index in [1.807, 2.05) is 20.8 Å². The van der Waals surface area contributed by atoms with Crippen LogP contribution in [0.25, 0.3) is 0 Å². The van der Waals surface area contributed by atoms with E-state index in [2.05, 4.69) is 10.6 Å². The number of ether oxygens (including phenoxy) is 1. The lowest BCUT2D eigenvalue weighted by Gasteiger charge is -2.26. The van der Waals surface area contributed by atoms with Gasteiger partial charge in [-0.3, -0.25) is 0 Å². The van der Waals surface area contributed by atoms with Crippen molar-refractivity contribution in [3.63, 3.8) is 0 Å². The van der Waals surface area contributed by atoms with E-state index in [1.54, 1.807) is 13.8 Å². The lowest BCUT2D eigenvalue weighted by Crippen LogP contribution is -2.51. The van der Waals surface area contributed by atoms with Gasteiger partial charge in [0.25, 0.3) is 0 Å². The van der Waals surface area contributed by atoms with Crippen molar-refractivity contribution in [1.29, 1.82) is 0 Å². The summed E-state index contributed by atoms with van der Waals surface area (Å²) in [5.41, 5.74) is -0.470. The summed E-state index contributed by atoms with van der Waals surface area (Å²) < 4.78 is 5.42. The van der Waals surface area contributed by atoms with Crippen molar-refractivity contribution in [3.05, 3.63) is 0 Å². The number of urea groups is 1. The third-order valence-corrected chi connectivity index (χ3v) is 2.43. The maximum absolute atomic E-state index is 11.6. The van der Waals surface area contributed by atoms with E-state index in [1.165, 1.54) is 0 Å². The third-order valence-electron chi connectivity index (χ3n) is 2.43. The summed E-state index contributed by atoms with van der Waals surface area (Å²) in [4.78, 5) is 22.5. The number of carbonyl (C=O) groups is 2. The number of carboxylic acid groups (broad SMARTS) is 1. The normalized spacial score (nSPS) is 13.2. The van der Waals surface area contributed by atoms with Crippen LogP contribution in [-0.2, 0) is 9.53 Å². The molecule has 0 aliphatic rings. The Morgan fingerprint density at radius 2 is 1.89 bits per heavy atom. The topological polar surface area (TPSA) is 87.7 Å². The van der Waals surface area contributed by atoms with Crippen LogP contribution in [0.15, 0.2) is 0 Å². The number of carbonyl (C=O) groups excluding carboxylic acids is 1. The minimum atomic E-state index is -1.04. The zero-order chi connectivity index (χ0) is 14.3. The molecule has 0 aromatic carbocycles. The Hall–Kier alpha value is -1.30. The molecule has 0 saturated heterocycles. The van der Waals surface area contributed by atoms with Crippen molar-refractivity contribution in [2.45, 2.75) is 46.3 Å². The molecular weight excluding hydrogens is 236 g/mol. The SMILES string of the molecule is CCOC(C)(C)CNC(=O)N[C@@H](C(=O)O)C(C)C. The maximum atomic E-state index is 11.6. The van der Waals surface area contributed by atoms with Crippen LogP contribution in [0, 0.1) is 5.92 Å². The highest BCUT2D eigenvalue weighted by atomic mass is 16.5. The average Bonchev–Trinajstić information content (AvgIpc) is 2.22. The van der Waals surface area contributed by atoms with Gasteiger partial charge in [0.2, 0.25) is 0 Å². The molecule has 0 rings (SSSR count). The molecule has 3 N–H and O–H groups in total. The number of nitrogens with one attached hydrogen (secondary N) is 2. The molecule has 6 heteroatoms. The number of hydrogen-bond acceptors (Lipinski definition) is 3. The summed E-state index contributed by atoms with van der Waals surface area (Å²) in [5, 5.41) is 14.0. The first kappa shape index (κ1) is 16.7. The summed E-state index contributed by atoms with van der Waals surface area (Å²) >= 11 is 0. The van der Waals surface area contributed by atoms with Crippen LogP contribution in [0.4, 0.5) is 4.79 Å². The van der Waals surface area contributed by atoms with Gasteiger partial charge in [-0.15, -0.1) is 0 Å². The Labute approximate surface area is 108 Å². The van der Waals surface area contributed by atoms with Crippen molar-refractivity contribution >= 4 is 12.0 Å². The second kappa shape index (κ2) is 7.20. The van der Waals surface area contributed by atoms with Crippen LogP contribution in [0.5, 0.6) is 0 Å². The van der Waals surface area contributed by atoms with Crippen LogP contribution in [0.1, 0.15) is 34.6 Å². The summed E-state index contributed by atoms with van der Waals surface area (Å²) in [6, 6.07) is -1.39. The highest BCUT2D eigenvalue weighted by Crippen LogP contribution is 2.07. The maximum Gasteiger partial charge on any atom is 0.326 e. The Bertz CT molecular complexity index is 290. The molecule has 18 heavy (non-hydrogen) atoms. The van der Waals surface area contributed by atoms with Gasteiger partial charge in [-0.2, -0.15) is 0 Å². The molecule has 6 nitrogen and oxygen atoms in total. The van der Waals surface area contributed by atoms with Gasteiger partial charge in [0.05, 0.1) is 5.60 Å². The zero-order valence-electron chi connectivity index (χ0n) is 11.7. The van der Waals surface area contributed by atoms with Crippen LogP contribution >= 0.6 is 0 Å². The molecular formula is C12H24N2O4. The molecule has 0 aliphatic heterocycles. The molecule has 0 heterocycles. The van der Waals surface area contributed by atoms with Gasteiger partial charge in [0, 0.05) is 13.2 Å². The zero-order valence-corrected chi connectivity index (χ0v) is 11.7. The van der Waals surface area contributed by atoms with E-state index in [9.17, 15) is 9.59 Å². The molecule has 0 unspecified atom stereocenters. The summed E-state index contributed by atoms with van der Waals surface area (Å²) in [5.74, 6) is -1.21. The number of amides is 2. The van der Waals surface area contributed by atoms with Gasteiger partial charge in [-0.05, 0) is 26.7 Å². The van der Waals surface area contributed by atoms with E-state index >= 15 is 0 Å². The lowest BCUT2D eigenvalue weighted by molar-refractivity contribution is -0.140. The molecule has 0 bridgehead atoms. The highest BCUT2D eigenvalue weighted by molar-refractivity contribution is 5.82. The predicted octanol–water partition coefficient (Wildman–Crippen LogP) is 1.21. The van der Waals surface area contributed by atoms with Crippen LogP contribution in [-0.4, -0.2) is 41.9 Å². The summed E-state index contributed by atoms with van der Waals surface area (Å²) in [6.45, 7) is 9.94. The van der Waals surface area contributed by atoms with Gasteiger partial charge in [0.1, 0.15) is 6.04 Å². The van der Waals surface area contributed by atoms with Gasteiger partial charge in [0.15, 0.2) is 0 Å². The molecule has 0 saturated carbocycles. The molecule has 2 amide bonds. The average molecular weight is 260 g/mol. The minimum absolute atomic E-state index is 0.173. The third kappa shape index (κ3) is 6.44. The van der Waals surface area contributed by atoms with Crippen molar-refractivity contribution < 1.29 is 19.4 Å². The second-order valence-electron chi connectivity index (χ2n) is 5.08. The van der Waals surface area contributed by atoms with E-state index in [-0.39, 0.29) is 5.92 Å². The standard InChI is InChI=1S/C12H24N2O4/c1-6-18-12(4,5)7-13-11(17)14-9(8(2)3)10(15)16/h8-9H,6-7H2,1-5H3,(H,15,16)(H2,13,14,17)/t9-/m1/s1. The number of hydrogen-bond donors (Lipinski definition) is 3. The van der Waals surface area contributed by atoms with Crippen molar-refractivity contribution in [1.82, 2.24) is 10.6 Å². The van der Waals surface area contributed by atoms with E-state index in [4.69, 9.17) is 9.84 Å². The van der Waals surface area contributed by atoms with Crippen LogP contribution in [0.3, 0.4) is 0 Å². The van der Waals surface area contributed by atoms with E-state index in [0.29, 0.717) is 13.2 Å². The van der Waals surface area contributed by atoms with E-state index < -0.39 is 23.6 Å². The fourth-order valence-electron chi connectivity index (χ4n) is 1.44. The smallest absolute Gasteiger partial charge is 0.326 e. The van der Waals surface area contributed by atoms with Gasteiger partial charge in [-0.25, -0.2) is 9.59 Å². The Balaban J connectivity index is 4.22. The summed E-state index contributed by atoms with van der Waals surface area (Å²) in [7, 11) is 0. The van der Waals surface area contributed by atoms with Gasteiger partial charge in [-0.1, -0.05) is 13.8 Å². The largest absolute Gasteiger partial charge is 0.480 e. The van der Waals surface area contributed by atoms with Crippen molar-refractivity contribution in [2.24, 2.45) is 5.92 Å². The molecule has 106 valence electrons. The first-order valence-corrected chi connectivity index (χ1v) is 6.10. The van der Waals surface area contributed by atoms with Gasteiger partial charge >= 0.3 is 12.0 Å². The Kier molecular flexibility index (Phi) is 6.68. The number of rotatable bonds is 7. The predicted molar refractivity (Wildman–Crippen MR) is 68.5 cm³/mol. The van der Waals surface area contributed by atoms with Crippen LogP contribution < -0.4 is 10.6 Å². The van der Waals surface area contributed by atoms with E-state index in [0.717, 1.165) is 0 Å². The fraction of sp³-hybridized carbons (Fsp3) is 0.833. The number of aliphatic carboxylic acids is 1. The lowest BCUT2D eigenvalue weighted by atomic mass is 10.1. The molecule has 0 aromatic rings. The van der Waals surface area contributed by atoms with Crippen LogP contribution in [0.2, 0.25) is 0 Å². The second-order valence-corrected chi connectivity index (χ2v) is 5.08. The molecule has 0 fully saturated rings. The Morgan fingerprint density at radius 3 is 2.28 bits per heavy atom. The monoisotopic (exact) mass is 260 g/mol. The highest BCUT2D eigenvalue weighted by Gasteiger charge is 2.24. The molecule has 0 aliphatic carbocycles.